The average Bonchev–Trinajstić information content (AvgIpc) is 2.73. The molecule has 2 rings (SSSR count). The topological polar surface area (TPSA) is 133 Å². The van der Waals surface area contributed by atoms with Gasteiger partial charge in [0.2, 0.25) is 0 Å². The highest BCUT2D eigenvalue weighted by Gasteiger charge is 2.36. The van der Waals surface area contributed by atoms with Crippen molar-refractivity contribution >= 4 is 23.0 Å². The van der Waals surface area contributed by atoms with Gasteiger partial charge in [-0.3, -0.25) is 10.3 Å². The summed E-state index contributed by atoms with van der Waals surface area (Å²) in [7, 11) is 0. The van der Waals surface area contributed by atoms with Crippen LogP contribution in [0.15, 0.2) is 12.7 Å². The molecule has 0 bridgehead atoms. The van der Waals surface area contributed by atoms with E-state index in [-0.39, 0.29) is 12.2 Å². The first-order chi connectivity index (χ1) is 8.00. The van der Waals surface area contributed by atoms with E-state index in [1.54, 1.807) is 6.92 Å². The summed E-state index contributed by atoms with van der Waals surface area (Å²) >= 11 is 0. The van der Waals surface area contributed by atoms with Crippen molar-refractivity contribution in [2.75, 3.05) is 5.73 Å². The molecule has 0 saturated carbocycles. The summed E-state index contributed by atoms with van der Waals surface area (Å²) in [4.78, 5) is 22.9. The minimum atomic E-state index is -1.60. The second kappa shape index (κ2) is 3.67. The van der Waals surface area contributed by atoms with Crippen molar-refractivity contribution in [3.8, 4) is 0 Å². The van der Waals surface area contributed by atoms with E-state index >= 15 is 0 Å². The largest absolute Gasteiger partial charge is 0.478 e. The average molecular weight is 236 g/mol. The van der Waals surface area contributed by atoms with Crippen LogP contribution in [0.25, 0.3) is 11.2 Å². The third kappa shape index (κ3) is 1.49. The Labute approximate surface area is 96.3 Å². The van der Waals surface area contributed by atoms with Crippen molar-refractivity contribution in [1.29, 1.82) is 0 Å². The van der Waals surface area contributed by atoms with E-state index in [1.165, 1.54) is 17.2 Å². The lowest BCUT2D eigenvalue weighted by Gasteiger charge is -2.25. The van der Waals surface area contributed by atoms with Crippen LogP contribution in [0.4, 0.5) is 5.82 Å². The smallest absolute Gasteiger partial charge is 0.345 e. The molecule has 0 aromatic carbocycles. The maximum Gasteiger partial charge on any atom is 0.345 e. The highest BCUT2D eigenvalue weighted by molar-refractivity contribution is 5.85. The summed E-state index contributed by atoms with van der Waals surface area (Å²) in [6.07, 6.45) is 2.76. The predicted molar refractivity (Wildman–Crippen MR) is 59.8 cm³/mol. The van der Waals surface area contributed by atoms with Gasteiger partial charge >= 0.3 is 5.97 Å². The second-order valence-corrected chi connectivity index (χ2v) is 3.63. The molecule has 0 fully saturated rings. The van der Waals surface area contributed by atoms with E-state index in [4.69, 9.17) is 11.5 Å². The molecule has 2 aromatic rings. The molecule has 17 heavy (non-hydrogen) atoms. The SMILES string of the molecule is CCC(N)(C(=O)O)n1cnc2ncnc(N)c21. The number of carbonyl (C=O) groups is 1. The van der Waals surface area contributed by atoms with Gasteiger partial charge in [-0.05, 0) is 6.42 Å². The number of carboxylic acids is 1. The number of nitrogens with zero attached hydrogens (tertiary/aromatic N) is 4. The van der Waals surface area contributed by atoms with E-state index in [9.17, 15) is 9.90 Å². The Bertz CT molecular complexity index is 580. The van der Waals surface area contributed by atoms with E-state index < -0.39 is 11.6 Å². The van der Waals surface area contributed by atoms with E-state index in [0.717, 1.165) is 0 Å². The Morgan fingerprint density at radius 1 is 1.53 bits per heavy atom. The third-order valence-electron chi connectivity index (χ3n) is 2.71. The van der Waals surface area contributed by atoms with Crippen LogP contribution in [0.2, 0.25) is 0 Å². The summed E-state index contributed by atoms with van der Waals surface area (Å²) in [5, 5.41) is 9.20. The molecule has 2 aromatic heterocycles. The van der Waals surface area contributed by atoms with Crippen molar-refractivity contribution in [3.63, 3.8) is 0 Å². The number of fused-ring (bicyclic) bond motifs is 1. The van der Waals surface area contributed by atoms with Gasteiger partial charge in [0.25, 0.3) is 0 Å². The van der Waals surface area contributed by atoms with Crippen molar-refractivity contribution in [2.24, 2.45) is 5.73 Å². The molecule has 0 aliphatic carbocycles. The minimum absolute atomic E-state index is 0.150. The number of hydrogen-bond donors (Lipinski definition) is 3. The number of anilines is 1. The normalized spacial score (nSPS) is 14.7. The Morgan fingerprint density at radius 3 is 2.82 bits per heavy atom. The van der Waals surface area contributed by atoms with Gasteiger partial charge < -0.3 is 10.8 Å². The molecule has 5 N–H and O–H groups in total. The third-order valence-corrected chi connectivity index (χ3v) is 2.71. The summed E-state index contributed by atoms with van der Waals surface area (Å²) in [5.41, 5.74) is 10.6. The fourth-order valence-corrected chi connectivity index (χ4v) is 1.61. The molecular weight excluding hydrogens is 224 g/mol. The number of nitrogen functional groups attached to an aromatic ring is 1. The van der Waals surface area contributed by atoms with Gasteiger partial charge in [-0.15, -0.1) is 0 Å². The fraction of sp³-hybridized carbons (Fsp3) is 0.333. The van der Waals surface area contributed by atoms with Crippen LogP contribution >= 0.6 is 0 Å². The van der Waals surface area contributed by atoms with E-state index in [0.29, 0.717) is 11.2 Å². The lowest BCUT2D eigenvalue weighted by Crippen LogP contribution is -2.49. The number of imidazole rings is 1. The number of nitrogens with two attached hydrogens (primary N) is 2. The van der Waals surface area contributed by atoms with Crippen molar-refractivity contribution < 1.29 is 9.90 Å². The zero-order valence-corrected chi connectivity index (χ0v) is 9.16. The number of aromatic nitrogens is 4. The first-order valence-corrected chi connectivity index (χ1v) is 4.97. The quantitative estimate of drug-likeness (QED) is 0.655. The van der Waals surface area contributed by atoms with Gasteiger partial charge in [0.05, 0.1) is 6.33 Å². The minimum Gasteiger partial charge on any atom is -0.478 e. The second-order valence-electron chi connectivity index (χ2n) is 3.63. The molecular formula is C9H12N6O2. The van der Waals surface area contributed by atoms with Crippen LogP contribution in [0.5, 0.6) is 0 Å². The van der Waals surface area contributed by atoms with Crippen molar-refractivity contribution in [3.05, 3.63) is 12.7 Å². The maximum absolute atomic E-state index is 11.3. The van der Waals surface area contributed by atoms with Crippen LogP contribution in [0.3, 0.4) is 0 Å². The zero-order valence-electron chi connectivity index (χ0n) is 9.16. The molecule has 0 saturated heterocycles. The highest BCUT2D eigenvalue weighted by Crippen LogP contribution is 2.23. The first-order valence-electron chi connectivity index (χ1n) is 4.97. The van der Waals surface area contributed by atoms with Gasteiger partial charge in [0.1, 0.15) is 11.8 Å². The lowest BCUT2D eigenvalue weighted by molar-refractivity contribution is -0.147. The molecule has 0 aliphatic rings. The van der Waals surface area contributed by atoms with Crippen LogP contribution < -0.4 is 11.5 Å². The Balaban J connectivity index is 2.75. The standard InChI is InChI=1S/C9H12N6O2/c1-2-9(11,8(16)17)15-4-14-7-5(15)6(10)12-3-13-7/h3-4H,2,11H2,1H3,(H,16,17)(H2,10,12,13). The Morgan fingerprint density at radius 2 is 2.24 bits per heavy atom. The van der Waals surface area contributed by atoms with Crippen LogP contribution in [0.1, 0.15) is 13.3 Å². The first kappa shape index (κ1) is 11.3. The molecule has 0 aliphatic heterocycles. The van der Waals surface area contributed by atoms with Gasteiger partial charge in [-0.25, -0.2) is 19.7 Å². The molecule has 0 radical (unpaired) electrons. The van der Waals surface area contributed by atoms with Gasteiger partial charge in [-0.2, -0.15) is 0 Å². The summed E-state index contributed by atoms with van der Waals surface area (Å²) in [6, 6.07) is 0. The number of rotatable bonds is 3. The summed E-state index contributed by atoms with van der Waals surface area (Å²) in [6.45, 7) is 1.67. The number of carboxylic acid groups (broad SMARTS) is 1. The molecule has 90 valence electrons. The van der Waals surface area contributed by atoms with Gasteiger partial charge in [-0.1, -0.05) is 6.92 Å². The van der Waals surface area contributed by atoms with Gasteiger partial charge in [0, 0.05) is 0 Å². The maximum atomic E-state index is 11.3. The molecule has 8 nitrogen and oxygen atoms in total. The Hall–Kier alpha value is -2.22. The van der Waals surface area contributed by atoms with E-state index in [2.05, 4.69) is 15.0 Å². The molecule has 0 amide bonds. The summed E-state index contributed by atoms with van der Waals surface area (Å²) in [5.74, 6) is -1.01. The zero-order chi connectivity index (χ0) is 12.6. The monoisotopic (exact) mass is 236 g/mol. The predicted octanol–water partition coefficient (Wildman–Crippen LogP) is -0.485. The lowest BCUT2D eigenvalue weighted by atomic mass is 10.1. The van der Waals surface area contributed by atoms with Crippen LogP contribution in [0, 0.1) is 0 Å². The molecule has 1 unspecified atom stereocenters. The van der Waals surface area contributed by atoms with Gasteiger partial charge in [0.15, 0.2) is 17.1 Å². The van der Waals surface area contributed by atoms with E-state index in [1.807, 2.05) is 0 Å². The number of aliphatic carboxylic acids is 1. The fourth-order valence-electron chi connectivity index (χ4n) is 1.61. The number of hydrogen-bond acceptors (Lipinski definition) is 6. The molecule has 0 spiro atoms. The van der Waals surface area contributed by atoms with Crippen LogP contribution in [-0.2, 0) is 10.5 Å². The molecule has 8 heteroatoms. The van der Waals surface area contributed by atoms with Crippen molar-refractivity contribution in [2.45, 2.75) is 19.0 Å². The summed E-state index contributed by atoms with van der Waals surface area (Å²) < 4.78 is 1.29. The molecule has 2 heterocycles. The molecule has 1 atom stereocenters. The Kier molecular flexibility index (Phi) is 2.43. The van der Waals surface area contributed by atoms with Crippen LogP contribution in [-0.4, -0.2) is 30.6 Å². The highest BCUT2D eigenvalue weighted by atomic mass is 16.4. The van der Waals surface area contributed by atoms with Crippen molar-refractivity contribution in [1.82, 2.24) is 19.5 Å².